The van der Waals surface area contributed by atoms with Gasteiger partial charge in [0.15, 0.2) is 0 Å². The number of aryl methyl sites for hydroxylation is 1. The van der Waals surface area contributed by atoms with Crippen LogP contribution in [-0.2, 0) is 13.1 Å². The van der Waals surface area contributed by atoms with Gasteiger partial charge in [-0.3, -0.25) is 4.90 Å². The Balaban J connectivity index is 1.27. The van der Waals surface area contributed by atoms with E-state index in [9.17, 15) is 5.11 Å². The van der Waals surface area contributed by atoms with E-state index in [0.717, 1.165) is 54.8 Å². The van der Waals surface area contributed by atoms with Crippen LogP contribution in [0.4, 0.5) is 0 Å². The molecule has 3 heterocycles. The average Bonchev–Trinajstić information content (AvgIpc) is 3.30. The van der Waals surface area contributed by atoms with Crippen molar-refractivity contribution in [3.05, 3.63) is 60.0 Å². The number of methoxy groups -OCH3 is 1. The second-order valence-corrected chi connectivity index (χ2v) is 8.50. The molecule has 0 aliphatic carbocycles. The summed E-state index contributed by atoms with van der Waals surface area (Å²) < 4.78 is 7.45. The lowest BCUT2D eigenvalue weighted by atomic mass is 9.91. The fourth-order valence-electron chi connectivity index (χ4n) is 4.61. The summed E-state index contributed by atoms with van der Waals surface area (Å²) in [4.78, 5) is 10.5. The number of ether oxygens (including phenoxy) is 1. The predicted molar refractivity (Wildman–Crippen MR) is 119 cm³/mol. The maximum atomic E-state index is 11.2. The zero-order valence-electron chi connectivity index (χ0n) is 17.6. The Kier molecular flexibility index (Phi) is 4.76. The molecule has 6 heteroatoms. The third kappa shape index (κ3) is 3.46. The van der Waals surface area contributed by atoms with Crippen LogP contribution >= 0.6 is 0 Å². The number of benzene rings is 2. The van der Waals surface area contributed by atoms with Gasteiger partial charge in [0.2, 0.25) is 0 Å². The van der Waals surface area contributed by atoms with Crippen molar-refractivity contribution in [1.82, 2.24) is 19.4 Å². The number of likely N-dealkylation sites (tertiary alicyclic amines) is 1. The van der Waals surface area contributed by atoms with E-state index in [1.165, 1.54) is 16.6 Å². The Bertz CT molecular complexity index is 1180. The minimum Gasteiger partial charge on any atom is -0.497 e. The monoisotopic (exact) mass is 404 g/mol. The van der Waals surface area contributed by atoms with Crippen LogP contribution in [0.25, 0.3) is 21.9 Å². The standard InChI is InChI=1S/C24H28N4O2/c1-17-19-13-18(30-2)7-8-20(19)26-22(17)14-27-11-9-24(29,10-12-27)15-28-16-25-21-5-3-4-6-23(21)28/h3-8,13,16,26,29H,9-12,14-15H2,1-2H3. The molecule has 156 valence electrons. The summed E-state index contributed by atoms with van der Waals surface area (Å²) in [6.45, 7) is 5.38. The van der Waals surface area contributed by atoms with E-state index < -0.39 is 5.60 Å². The van der Waals surface area contributed by atoms with Gasteiger partial charge in [0.05, 0.1) is 36.6 Å². The molecule has 2 aromatic heterocycles. The number of aromatic nitrogens is 3. The third-order valence-electron chi connectivity index (χ3n) is 6.53. The first-order valence-electron chi connectivity index (χ1n) is 10.5. The second kappa shape index (κ2) is 7.45. The van der Waals surface area contributed by atoms with Gasteiger partial charge >= 0.3 is 0 Å². The largest absolute Gasteiger partial charge is 0.497 e. The molecule has 1 aliphatic heterocycles. The van der Waals surface area contributed by atoms with Crippen molar-refractivity contribution in [2.45, 2.75) is 38.5 Å². The second-order valence-electron chi connectivity index (χ2n) is 8.50. The molecule has 0 saturated carbocycles. The predicted octanol–water partition coefficient (Wildman–Crippen LogP) is 3.86. The maximum absolute atomic E-state index is 11.2. The van der Waals surface area contributed by atoms with Gasteiger partial charge in [-0.05, 0) is 55.7 Å². The lowest BCUT2D eigenvalue weighted by molar-refractivity contribution is -0.0352. The molecule has 2 aromatic carbocycles. The Morgan fingerprint density at radius 3 is 2.77 bits per heavy atom. The minimum atomic E-state index is -0.692. The van der Waals surface area contributed by atoms with Gasteiger partial charge < -0.3 is 19.4 Å². The minimum absolute atomic E-state index is 0.590. The van der Waals surface area contributed by atoms with E-state index in [0.29, 0.717) is 6.54 Å². The number of aliphatic hydroxyl groups is 1. The molecule has 5 rings (SSSR count). The summed E-state index contributed by atoms with van der Waals surface area (Å²) in [7, 11) is 1.70. The molecular weight excluding hydrogens is 376 g/mol. The van der Waals surface area contributed by atoms with Crippen LogP contribution in [0.15, 0.2) is 48.8 Å². The lowest BCUT2D eigenvalue weighted by Gasteiger charge is -2.38. The highest BCUT2D eigenvalue weighted by Crippen LogP contribution is 2.30. The number of fused-ring (bicyclic) bond motifs is 2. The summed E-state index contributed by atoms with van der Waals surface area (Å²) in [5.41, 5.74) is 5.02. The highest BCUT2D eigenvalue weighted by atomic mass is 16.5. The first-order chi connectivity index (χ1) is 14.5. The topological polar surface area (TPSA) is 66.3 Å². The van der Waals surface area contributed by atoms with Gasteiger partial charge in [0.25, 0.3) is 0 Å². The molecule has 0 bridgehead atoms. The quantitative estimate of drug-likeness (QED) is 0.530. The van der Waals surface area contributed by atoms with Gasteiger partial charge in [-0.1, -0.05) is 12.1 Å². The van der Waals surface area contributed by atoms with Gasteiger partial charge in [-0.25, -0.2) is 4.98 Å². The number of hydrogen-bond acceptors (Lipinski definition) is 4. The van der Waals surface area contributed by atoms with Crippen LogP contribution in [0.5, 0.6) is 5.75 Å². The summed E-state index contributed by atoms with van der Waals surface area (Å²) in [6, 6.07) is 14.2. The van der Waals surface area contributed by atoms with Crippen molar-refractivity contribution < 1.29 is 9.84 Å². The smallest absolute Gasteiger partial charge is 0.119 e. The summed E-state index contributed by atoms with van der Waals surface area (Å²) in [5.74, 6) is 0.881. The van der Waals surface area contributed by atoms with Crippen LogP contribution in [0, 0.1) is 6.92 Å². The molecule has 0 amide bonds. The Labute approximate surface area is 176 Å². The SMILES string of the molecule is COc1ccc2[nH]c(CN3CCC(O)(Cn4cnc5ccccc54)CC3)c(C)c2c1. The van der Waals surface area contributed by atoms with Gasteiger partial charge in [-0.15, -0.1) is 0 Å². The first-order valence-corrected chi connectivity index (χ1v) is 10.5. The average molecular weight is 405 g/mol. The van der Waals surface area contributed by atoms with Crippen molar-refractivity contribution in [2.24, 2.45) is 0 Å². The third-order valence-corrected chi connectivity index (χ3v) is 6.53. The highest BCUT2D eigenvalue weighted by molar-refractivity contribution is 5.85. The van der Waals surface area contributed by atoms with Crippen LogP contribution in [0.1, 0.15) is 24.1 Å². The van der Waals surface area contributed by atoms with Crippen molar-refractivity contribution >= 4 is 21.9 Å². The number of hydrogen-bond donors (Lipinski definition) is 2. The molecule has 6 nitrogen and oxygen atoms in total. The normalized spacial score (nSPS) is 17.0. The molecule has 30 heavy (non-hydrogen) atoms. The van der Waals surface area contributed by atoms with Crippen molar-refractivity contribution in [3.63, 3.8) is 0 Å². The zero-order chi connectivity index (χ0) is 20.7. The number of imidazole rings is 1. The molecular formula is C24H28N4O2. The van der Waals surface area contributed by atoms with Gasteiger partial charge in [0.1, 0.15) is 5.75 Å². The zero-order valence-corrected chi connectivity index (χ0v) is 17.6. The van der Waals surface area contributed by atoms with E-state index in [-0.39, 0.29) is 0 Å². The number of H-pyrrole nitrogens is 1. The Morgan fingerprint density at radius 1 is 1.17 bits per heavy atom. The Hall–Kier alpha value is -2.83. The van der Waals surface area contributed by atoms with E-state index in [1.54, 1.807) is 7.11 Å². The van der Waals surface area contributed by atoms with Crippen LogP contribution in [0.3, 0.4) is 0 Å². The highest BCUT2D eigenvalue weighted by Gasteiger charge is 2.33. The summed E-state index contributed by atoms with van der Waals surface area (Å²) in [5, 5.41) is 12.4. The maximum Gasteiger partial charge on any atom is 0.119 e. The van der Waals surface area contributed by atoms with E-state index >= 15 is 0 Å². The van der Waals surface area contributed by atoms with Crippen molar-refractivity contribution in [2.75, 3.05) is 20.2 Å². The van der Waals surface area contributed by atoms with E-state index in [2.05, 4.69) is 44.6 Å². The fraction of sp³-hybridized carbons (Fsp3) is 0.375. The van der Waals surface area contributed by atoms with Crippen molar-refractivity contribution in [1.29, 1.82) is 0 Å². The van der Waals surface area contributed by atoms with Gasteiger partial charge in [-0.2, -0.15) is 0 Å². The molecule has 0 spiro atoms. The molecule has 0 radical (unpaired) electrons. The van der Waals surface area contributed by atoms with Crippen LogP contribution in [-0.4, -0.2) is 50.3 Å². The number of nitrogens with one attached hydrogen (secondary N) is 1. The molecule has 1 fully saturated rings. The van der Waals surface area contributed by atoms with Gasteiger partial charge in [0, 0.05) is 36.2 Å². The number of nitrogens with zero attached hydrogens (tertiary/aromatic N) is 3. The number of rotatable bonds is 5. The van der Waals surface area contributed by atoms with E-state index in [4.69, 9.17) is 4.74 Å². The van der Waals surface area contributed by atoms with Crippen LogP contribution < -0.4 is 4.74 Å². The van der Waals surface area contributed by atoms with E-state index in [1.807, 2.05) is 30.6 Å². The summed E-state index contributed by atoms with van der Waals surface area (Å²) in [6.07, 6.45) is 3.36. The number of aromatic amines is 1. The molecule has 1 saturated heterocycles. The molecule has 1 aliphatic rings. The van der Waals surface area contributed by atoms with Crippen LogP contribution in [0.2, 0.25) is 0 Å². The number of piperidine rings is 1. The number of para-hydroxylation sites is 2. The van der Waals surface area contributed by atoms with Crippen molar-refractivity contribution in [3.8, 4) is 5.75 Å². The first kappa shape index (κ1) is 19.2. The molecule has 0 unspecified atom stereocenters. The summed E-state index contributed by atoms with van der Waals surface area (Å²) >= 11 is 0. The molecule has 4 aromatic rings. The fourth-order valence-corrected chi connectivity index (χ4v) is 4.61. The lowest BCUT2D eigenvalue weighted by Crippen LogP contribution is -2.46. The molecule has 0 atom stereocenters. The Morgan fingerprint density at radius 2 is 1.97 bits per heavy atom. The molecule has 2 N–H and O–H groups in total.